The molecule has 3 aromatic rings. The van der Waals surface area contributed by atoms with Crippen LogP contribution >= 0.6 is 0 Å². The van der Waals surface area contributed by atoms with Gasteiger partial charge in [-0.3, -0.25) is 19.4 Å². The molecule has 0 radical (unpaired) electrons. The number of nitrogens with zero attached hydrogens (tertiary/aromatic N) is 4. The van der Waals surface area contributed by atoms with Gasteiger partial charge in [-0.2, -0.15) is 0 Å². The van der Waals surface area contributed by atoms with E-state index < -0.39 is 0 Å². The summed E-state index contributed by atoms with van der Waals surface area (Å²) in [7, 11) is 1.52. The summed E-state index contributed by atoms with van der Waals surface area (Å²) < 4.78 is 0. The number of imide groups is 1. The number of amidine groups is 1. The summed E-state index contributed by atoms with van der Waals surface area (Å²) >= 11 is 0. The van der Waals surface area contributed by atoms with Crippen molar-refractivity contribution < 1.29 is 9.59 Å². The molecule has 5 rings (SSSR count). The first-order valence-electron chi connectivity index (χ1n) is 10.0. The van der Waals surface area contributed by atoms with Gasteiger partial charge in [0.1, 0.15) is 5.82 Å². The molecular weight excluding hydrogens is 388 g/mol. The van der Waals surface area contributed by atoms with Gasteiger partial charge in [0.2, 0.25) is 5.91 Å². The van der Waals surface area contributed by atoms with Crippen molar-refractivity contribution in [1.82, 2.24) is 4.90 Å². The smallest absolute Gasteiger partial charge is 0.260 e. The van der Waals surface area contributed by atoms with Gasteiger partial charge < -0.3 is 0 Å². The Labute approximate surface area is 180 Å². The monoisotopic (exact) mass is 408 g/mol. The Morgan fingerprint density at radius 2 is 1.29 bits per heavy atom. The van der Waals surface area contributed by atoms with E-state index in [0.29, 0.717) is 17.2 Å². The number of hydrogen-bond acceptors (Lipinski definition) is 5. The first-order valence-corrected chi connectivity index (χ1v) is 10.0. The Hall–Kier alpha value is -4.19. The van der Waals surface area contributed by atoms with Crippen molar-refractivity contribution in [1.29, 1.82) is 0 Å². The van der Waals surface area contributed by atoms with Crippen LogP contribution in [0.15, 0.2) is 107 Å². The first kappa shape index (κ1) is 18.8. The maximum atomic E-state index is 13.0. The van der Waals surface area contributed by atoms with Gasteiger partial charge >= 0.3 is 0 Å². The minimum absolute atomic E-state index is 0.0366. The molecule has 0 bridgehead atoms. The van der Waals surface area contributed by atoms with Crippen LogP contribution in [0.2, 0.25) is 0 Å². The van der Waals surface area contributed by atoms with Crippen LogP contribution in [0.5, 0.6) is 0 Å². The minimum atomic E-state index is -0.300. The number of likely N-dealkylation sites (tertiary alicyclic amines) is 1. The molecule has 0 atom stereocenters. The second-order valence-corrected chi connectivity index (χ2v) is 7.34. The number of para-hydroxylation sites is 2. The van der Waals surface area contributed by atoms with Crippen LogP contribution in [-0.2, 0) is 9.59 Å². The van der Waals surface area contributed by atoms with Gasteiger partial charge in [-0.25, -0.2) is 5.01 Å². The predicted octanol–water partition coefficient (Wildman–Crippen LogP) is 3.98. The second-order valence-electron chi connectivity index (χ2n) is 7.34. The Morgan fingerprint density at radius 3 is 1.84 bits per heavy atom. The van der Waals surface area contributed by atoms with E-state index in [1.807, 2.05) is 95.9 Å². The average Bonchev–Trinajstić information content (AvgIpc) is 3.34. The lowest BCUT2D eigenvalue weighted by Crippen LogP contribution is -2.32. The summed E-state index contributed by atoms with van der Waals surface area (Å²) in [6.45, 7) is 0. The number of hydrazone groups is 1. The highest BCUT2D eigenvalue weighted by Gasteiger charge is 2.41. The Balaban J connectivity index is 1.78. The third kappa shape index (κ3) is 3.18. The lowest BCUT2D eigenvalue weighted by molar-refractivity contribution is -0.135. The van der Waals surface area contributed by atoms with Gasteiger partial charge in [-0.15, -0.1) is 5.10 Å². The van der Waals surface area contributed by atoms with Crippen LogP contribution in [0.4, 0.5) is 11.4 Å². The van der Waals surface area contributed by atoms with E-state index in [1.165, 1.54) is 11.9 Å². The number of carbonyl (C=O) groups is 2. The summed E-state index contributed by atoms with van der Waals surface area (Å²) in [5.74, 6) is 0.750. The Morgan fingerprint density at radius 1 is 0.742 bits per heavy atom. The molecule has 0 saturated carbocycles. The molecule has 31 heavy (non-hydrogen) atoms. The molecule has 2 amide bonds. The molecule has 2 aliphatic heterocycles. The van der Waals surface area contributed by atoms with Gasteiger partial charge in [-0.1, -0.05) is 66.7 Å². The van der Waals surface area contributed by atoms with Crippen LogP contribution in [0, 0.1) is 0 Å². The summed E-state index contributed by atoms with van der Waals surface area (Å²) in [5, 5.41) is 6.69. The molecule has 0 spiro atoms. The van der Waals surface area contributed by atoms with Crippen LogP contribution in [0.3, 0.4) is 0 Å². The topological polar surface area (TPSA) is 56.2 Å². The van der Waals surface area contributed by atoms with E-state index in [1.54, 1.807) is 5.01 Å². The van der Waals surface area contributed by atoms with E-state index >= 15 is 0 Å². The molecule has 6 nitrogen and oxygen atoms in total. The van der Waals surface area contributed by atoms with Gasteiger partial charge in [-0.05, 0) is 24.3 Å². The largest absolute Gasteiger partial charge is 0.281 e. The van der Waals surface area contributed by atoms with Gasteiger partial charge in [0.05, 0.1) is 17.7 Å². The number of benzene rings is 3. The zero-order valence-corrected chi connectivity index (χ0v) is 17.0. The lowest BCUT2D eigenvalue weighted by Gasteiger charge is -2.26. The fourth-order valence-electron chi connectivity index (χ4n) is 3.83. The molecule has 0 unspecified atom stereocenters. The van der Waals surface area contributed by atoms with E-state index in [0.717, 1.165) is 16.9 Å². The number of amides is 2. The minimum Gasteiger partial charge on any atom is -0.281 e. The fraction of sp³-hybridized carbons (Fsp3) is 0.0800. The molecule has 6 heteroatoms. The van der Waals surface area contributed by atoms with Crippen LogP contribution in [-0.4, -0.2) is 29.6 Å². The van der Waals surface area contributed by atoms with Crippen LogP contribution in [0.1, 0.15) is 12.0 Å². The lowest BCUT2D eigenvalue weighted by atomic mass is 10.1. The maximum Gasteiger partial charge on any atom is 0.260 e. The fourth-order valence-corrected chi connectivity index (χ4v) is 3.83. The zero-order chi connectivity index (χ0) is 21.4. The van der Waals surface area contributed by atoms with Gasteiger partial charge in [0.15, 0.2) is 5.84 Å². The molecule has 2 aliphatic rings. The maximum absolute atomic E-state index is 13.0. The molecule has 0 N–H and O–H groups in total. The number of anilines is 2. The Kier molecular flexibility index (Phi) is 4.59. The van der Waals surface area contributed by atoms with E-state index in [9.17, 15) is 9.59 Å². The zero-order valence-electron chi connectivity index (χ0n) is 17.0. The summed E-state index contributed by atoms with van der Waals surface area (Å²) in [6, 6.07) is 29.3. The van der Waals surface area contributed by atoms with Crippen molar-refractivity contribution in [3.05, 3.63) is 108 Å². The molecule has 3 aromatic carbocycles. The molecule has 1 fully saturated rings. The van der Waals surface area contributed by atoms with Gasteiger partial charge in [0.25, 0.3) is 5.91 Å². The highest BCUT2D eigenvalue weighted by Crippen LogP contribution is 2.38. The number of carbonyl (C=O) groups excluding carboxylic acids is 2. The Bertz CT molecular complexity index is 1200. The van der Waals surface area contributed by atoms with Crippen molar-refractivity contribution in [3.8, 4) is 0 Å². The molecule has 1 saturated heterocycles. The average molecular weight is 408 g/mol. The second kappa shape index (κ2) is 7.57. The van der Waals surface area contributed by atoms with E-state index in [-0.39, 0.29) is 18.2 Å². The quantitative estimate of drug-likeness (QED) is 0.486. The molecular formula is C25H20N4O2. The standard InChI is InChI=1S/C25H20N4O2/c1-27-22(30)17-21(25(27)31)24-28(19-13-7-3-8-14-19)23(18-11-5-2-6-12-18)26-29(24)20-15-9-4-10-16-20/h2-16H,17H2,1H3/b24-21+. The highest BCUT2D eigenvalue weighted by atomic mass is 16.2. The third-order valence-corrected chi connectivity index (χ3v) is 5.40. The van der Waals surface area contributed by atoms with Crippen molar-refractivity contribution in [2.45, 2.75) is 6.42 Å². The summed E-state index contributed by atoms with van der Waals surface area (Å²) in [5.41, 5.74) is 3.01. The van der Waals surface area contributed by atoms with Crippen molar-refractivity contribution in [3.63, 3.8) is 0 Å². The molecule has 2 heterocycles. The third-order valence-electron chi connectivity index (χ3n) is 5.40. The number of likely N-dealkylation sites (N-methyl/N-ethyl adjacent to an activating group) is 1. The van der Waals surface area contributed by atoms with Crippen molar-refractivity contribution in [2.24, 2.45) is 5.10 Å². The normalized spacial score (nSPS) is 18.7. The highest BCUT2D eigenvalue weighted by molar-refractivity contribution is 6.19. The number of rotatable bonds is 3. The van der Waals surface area contributed by atoms with Crippen LogP contribution < -0.4 is 9.91 Å². The molecule has 152 valence electrons. The van der Waals surface area contributed by atoms with Crippen molar-refractivity contribution in [2.75, 3.05) is 17.0 Å². The van der Waals surface area contributed by atoms with Gasteiger partial charge in [0, 0.05) is 18.3 Å². The van der Waals surface area contributed by atoms with E-state index in [4.69, 9.17) is 5.10 Å². The predicted molar refractivity (Wildman–Crippen MR) is 120 cm³/mol. The summed E-state index contributed by atoms with van der Waals surface area (Å²) in [6.07, 6.45) is 0.0366. The van der Waals surface area contributed by atoms with Crippen LogP contribution in [0.25, 0.3) is 0 Å². The number of hydrogen-bond donors (Lipinski definition) is 0. The molecule has 0 aliphatic carbocycles. The van der Waals surface area contributed by atoms with E-state index in [2.05, 4.69) is 0 Å². The first-order chi connectivity index (χ1) is 15.1. The van der Waals surface area contributed by atoms with Crippen molar-refractivity contribution >= 4 is 29.0 Å². The summed E-state index contributed by atoms with van der Waals surface area (Å²) in [4.78, 5) is 28.6. The SMILES string of the molecule is CN1C(=O)C/C(=C2\N(c3ccccc3)N=C(c3ccccc3)N2c2ccccc2)C1=O. The molecule has 0 aromatic heterocycles.